The molecule has 1 saturated carbocycles. The van der Waals surface area contributed by atoms with E-state index in [4.69, 9.17) is 15.6 Å². The molecule has 9 nitrogen and oxygen atoms in total. The Labute approximate surface area is 235 Å². The van der Waals surface area contributed by atoms with Gasteiger partial charge in [-0.1, -0.05) is 12.1 Å². The minimum Gasteiger partial charge on any atom is -0.478 e. The quantitative estimate of drug-likeness (QED) is 0.303. The van der Waals surface area contributed by atoms with Gasteiger partial charge in [0, 0.05) is 35.3 Å². The fraction of sp³-hybridized carbons (Fsp3) is 0.481. The second kappa shape index (κ2) is 11.1. The fourth-order valence-corrected chi connectivity index (χ4v) is 5.60. The molecule has 3 N–H and O–H groups in total. The van der Waals surface area contributed by atoms with E-state index in [9.17, 15) is 35.9 Å². The summed E-state index contributed by atoms with van der Waals surface area (Å²) in [6, 6.07) is 4.61. The number of nitrogens with zero attached hydrogens (tertiary/aromatic N) is 3. The molecule has 3 heterocycles. The zero-order valence-corrected chi connectivity index (χ0v) is 21.9. The maximum Gasteiger partial charge on any atom is 0.573 e. The van der Waals surface area contributed by atoms with Crippen LogP contribution in [-0.2, 0) is 15.7 Å². The van der Waals surface area contributed by atoms with Gasteiger partial charge in [-0.3, -0.25) is 4.79 Å². The van der Waals surface area contributed by atoms with Crippen molar-refractivity contribution in [1.82, 2.24) is 9.97 Å². The summed E-state index contributed by atoms with van der Waals surface area (Å²) in [6.45, 7) is -0.270. The molecule has 0 radical (unpaired) electrons. The zero-order valence-electron chi connectivity index (χ0n) is 21.9. The second-order valence-corrected chi connectivity index (χ2v) is 10.5. The van der Waals surface area contributed by atoms with Crippen molar-refractivity contribution in [2.75, 3.05) is 11.5 Å². The molecular weight excluding hydrogens is 574 g/mol. The van der Waals surface area contributed by atoms with Crippen LogP contribution in [0.15, 0.2) is 36.0 Å². The number of hydrogen-bond donors (Lipinski definition) is 2. The second-order valence-electron chi connectivity index (χ2n) is 10.5. The number of hydrogen-bond acceptors (Lipinski definition) is 8. The SMILES string of the molecule is NC(=C(COC1CC2CC[C@@H](C1)N2c1ncc(C(=O)O)c(C(F)(F)F)n1)C(=O)C1CC1)c1ccccc1OC(F)(F)F. The summed E-state index contributed by atoms with van der Waals surface area (Å²) in [5.74, 6) is -3.19. The molecule has 2 unspecified atom stereocenters. The van der Waals surface area contributed by atoms with Gasteiger partial charge in [0.05, 0.1) is 18.4 Å². The van der Waals surface area contributed by atoms with Gasteiger partial charge in [-0.25, -0.2) is 14.8 Å². The lowest BCUT2D eigenvalue weighted by molar-refractivity contribution is -0.274. The maximum atomic E-state index is 13.5. The van der Waals surface area contributed by atoms with Gasteiger partial charge in [-0.15, -0.1) is 13.2 Å². The molecule has 3 fully saturated rings. The Bertz CT molecular complexity index is 1390. The lowest BCUT2D eigenvalue weighted by Crippen LogP contribution is -2.47. The number of aromatic carboxylic acids is 1. The first-order chi connectivity index (χ1) is 19.7. The highest BCUT2D eigenvalue weighted by molar-refractivity contribution is 6.05. The molecule has 2 aromatic rings. The number of benzene rings is 1. The van der Waals surface area contributed by atoms with Gasteiger partial charge < -0.3 is 25.2 Å². The molecular formula is C27H26F6N4O5. The third kappa shape index (κ3) is 6.30. The Hall–Kier alpha value is -3.88. The number of aromatic nitrogens is 2. The van der Waals surface area contributed by atoms with Crippen LogP contribution < -0.4 is 15.4 Å². The molecule has 226 valence electrons. The largest absolute Gasteiger partial charge is 0.573 e. The van der Waals surface area contributed by atoms with Gasteiger partial charge in [0.25, 0.3) is 0 Å². The van der Waals surface area contributed by atoms with Crippen LogP contribution in [0.3, 0.4) is 0 Å². The van der Waals surface area contributed by atoms with Crippen LogP contribution in [0, 0.1) is 5.92 Å². The van der Waals surface area contributed by atoms with Crippen molar-refractivity contribution in [3.8, 4) is 5.75 Å². The van der Waals surface area contributed by atoms with E-state index in [1.54, 1.807) is 4.90 Å². The summed E-state index contributed by atoms with van der Waals surface area (Å²) in [5.41, 5.74) is 3.44. The van der Waals surface area contributed by atoms with E-state index >= 15 is 0 Å². The molecule has 3 atom stereocenters. The van der Waals surface area contributed by atoms with Gasteiger partial charge in [0.1, 0.15) is 11.3 Å². The van der Waals surface area contributed by atoms with Crippen LogP contribution in [0.2, 0.25) is 0 Å². The summed E-state index contributed by atoms with van der Waals surface area (Å²) in [5, 5.41) is 9.14. The van der Waals surface area contributed by atoms with Gasteiger partial charge >= 0.3 is 18.5 Å². The van der Waals surface area contributed by atoms with E-state index in [1.807, 2.05) is 0 Å². The zero-order chi connectivity index (χ0) is 30.4. The molecule has 15 heteroatoms. The molecule has 2 aliphatic heterocycles. The first-order valence-electron chi connectivity index (χ1n) is 13.2. The molecule has 2 bridgehead atoms. The highest BCUT2D eigenvalue weighted by atomic mass is 19.4. The smallest absolute Gasteiger partial charge is 0.478 e. The minimum absolute atomic E-state index is 0.0351. The summed E-state index contributed by atoms with van der Waals surface area (Å²) in [4.78, 5) is 33.5. The van der Waals surface area contributed by atoms with Crippen molar-refractivity contribution in [1.29, 1.82) is 0 Å². The molecule has 0 amide bonds. The van der Waals surface area contributed by atoms with Crippen molar-refractivity contribution in [2.45, 2.75) is 69.3 Å². The number of anilines is 1. The van der Waals surface area contributed by atoms with Gasteiger partial charge in [-0.2, -0.15) is 13.2 Å². The number of carboxylic acids is 1. The number of rotatable bonds is 9. The first-order valence-corrected chi connectivity index (χ1v) is 13.2. The molecule has 5 rings (SSSR count). The van der Waals surface area contributed by atoms with Crippen LogP contribution in [0.4, 0.5) is 32.3 Å². The van der Waals surface area contributed by atoms with Gasteiger partial charge in [0.15, 0.2) is 11.5 Å². The Morgan fingerprint density at radius 1 is 1.00 bits per heavy atom. The highest BCUT2D eigenvalue weighted by Crippen LogP contribution is 2.41. The number of fused-ring (bicyclic) bond motifs is 2. The van der Waals surface area contributed by atoms with E-state index in [-0.39, 0.29) is 53.2 Å². The third-order valence-electron chi connectivity index (χ3n) is 7.63. The summed E-state index contributed by atoms with van der Waals surface area (Å²) < 4.78 is 89.7. The first kappa shape index (κ1) is 29.6. The molecule has 1 aliphatic carbocycles. The van der Waals surface area contributed by atoms with Crippen LogP contribution in [0.5, 0.6) is 5.75 Å². The van der Waals surface area contributed by atoms with Crippen molar-refractivity contribution < 1.29 is 50.5 Å². The number of carbonyl (C=O) groups excluding carboxylic acids is 1. The minimum atomic E-state index is -4.99. The number of halogens is 6. The standard InChI is InChI=1S/C27H26F6N4O5/c28-26(29,30)23-18(24(39)40)11-35-25(36-23)37-14-7-8-15(37)10-16(9-14)41-12-19(22(38)13-5-6-13)21(34)17-3-1-2-4-20(17)42-27(31,32)33/h1-4,11,13-16H,5-10,12,34H2,(H,39,40)/t14-,15?,16?/m0/s1. The fourth-order valence-electron chi connectivity index (χ4n) is 5.60. The van der Waals surface area contributed by atoms with Crippen LogP contribution >= 0.6 is 0 Å². The molecule has 1 aromatic heterocycles. The van der Waals surface area contributed by atoms with Crippen molar-refractivity contribution in [2.24, 2.45) is 11.7 Å². The number of carboxylic acid groups (broad SMARTS) is 1. The molecule has 1 aromatic carbocycles. The van der Waals surface area contributed by atoms with Gasteiger partial charge in [-0.05, 0) is 50.7 Å². The van der Waals surface area contributed by atoms with Crippen molar-refractivity contribution in [3.63, 3.8) is 0 Å². The molecule has 42 heavy (non-hydrogen) atoms. The van der Waals surface area contributed by atoms with Crippen molar-refractivity contribution in [3.05, 3.63) is 52.9 Å². The van der Waals surface area contributed by atoms with E-state index in [0.717, 1.165) is 6.07 Å². The van der Waals surface area contributed by atoms with Crippen LogP contribution in [0.25, 0.3) is 5.70 Å². The number of para-hydroxylation sites is 1. The molecule has 2 saturated heterocycles. The Balaban J connectivity index is 1.35. The number of Topliss-reactive ketones (excluding diaryl/α,β-unsaturated/α-hetero) is 1. The summed E-state index contributed by atoms with van der Waals surface area (Å²) >= 11 is 0. The molecule has 0 spiro atoms. The normalized spacial score (nSPS) is 23.0. The van der Waals surface area contributed by atoms with Crippen LogP contribution in [-0.4, -0.2) is 58.0 Å². The molecule has 3 aliphatic rings. The predicted octanol–water partition coefficient (Wildman–Crippen LogP) is 4.96. The lowest BCUT2D eigenvalue weighted by Gasteiger charge is -2.39. The predicted molar refractivity (Wildman–Crippen MR) is 134 cm³/mol. The third-order valence-corrected chi connectivity index (χ3v) is 7.63. The number of nitrogens with two attached hydrogens (primary N) is 1. The van der Waals surface area contributed by atoms with Gasteiger partial charge in [0.2, 0.25) is 5.95 Å². The number of alkyl halides is 6. The Morgan fingerprint density at radius 2 is 1.64 bits per heavy atom. The van der Waals surface area contributed by atoms with E-state index in [2.05, 4.69) is 14.7 Å². The van der Waals surface area contributed by atoms with E-state index in [0.29, 0.717) is 44.7 Å². The number of piperidine rings is 1. The average molecular weight is 601 g/mol. The monoisotopic (exact) mass is 600 g/mol. The maximum absolute atomic E-state index is 13.5. The lowest BCUT2D eigenvalue weighted by atomic mass is 9.98. The number of carbonyl (C=O) groups is 2. The summed E-state index contributed by atoms with van der Waals surface area (Å²) in [7, 11) is 0. The summed E-state index contributed by atoms with van der Waals surface area (Å²) in [6.07, 6.45) is -6.60. The van der Waals surface area contributed by atoms with Crippen LogP contribution in [0.1, 0.15) is 60.1 Å². The van der Waals surface area contributed by atoms with E-state index in [1.165, 1.54) is 18.2 Å². The van der Waals surface area contributed by atoms with E-state index < -0.39 is 41.6 Å². The Morgan fingerprint density at radius 3 is 2.21 bits per heavy atom. The number of ketones is 1. The average Bonchev–Trinajstić information content (AvgIpc) is 3.72. The number of ether oxygens (including phenoxy) is 2. The highest BCUT2D eigenvalue weighted by Gasteiger charge is 2.45. The Kier molecular flexibility index (Phi) is 7.81. The van der Waals surface area contributed by atoms with Crippen molar-refractivity contribution >= 4 is 23.4 Å². The topological polar surface area (TPSA) is 128 Å².